The van der Waals surface area contributed by atoms with E-state index in [-0.39, 0.29) is 11.9 Å². The minimum atomic E-state index is -1.000. The number of carbonyl (C=O) groups is 2. The molecule has 0 radical (unpaired) electrons. The molecule has 0 aliphatic carbocycles. The summed E-state index contributed by atoms with van der Waals surface area (Å²) in [6.45, 7) is 4.23. The lowest BCUT2D eigenvalue weighted by Crippen LogP contribution is -2.49. The van der Waals surface area contributed by atoms with Crippen molar-refractivity contribution >= 4 is 12.0 Å². The summed E-state index contributed by atoms with van der Waals surface area (Å²) in [6.07, 6.45) is 4.81. The Morgan fingerprint density at radius 3 is 2.52 bits per heavy atom. The number of hydrogen-bond donors (Lipinski definition) is 2. The summed E-state index contributed by atoms with van der Waals surface area (Å²) >= 11 is 0. The first-order valence-corrected chi connectivity index (χ1v) is 7.09. The predicted octanol–water partition coefficient (Wildman–Crippen LogP) is 1.76. The van der Waals surface area contributed by atoms with Crippen molar-refractivity contribution in [3.8, 4) is 0 Å². The van der Waals surface area contributed by atoms with E-state index in [1.165, 1.54) is 4.90 Å². The molecule has 0 saturated carbocycles. The monoisotopic (exact) mass is 293 g/mol. The van der Waals surface area contributed by atoms with Crippen LogP contribution in [0.1, 0.15) is 25.8 Å². The van der Waals surface area contributed by atoms with E-state index in [2.05, 4.69) is 10.3 Å². The molecule has 0 fully saturated rings. The molecule has 0 aliphatic heterocycles. The Balaban J connectivity index is 2.51. The number of nitrogens with zero attached hydrogens (tertiary/aromatic N) is 2. The molecular weight excluding hydrogens is 270 g/mol. The van der Waals surface area contributed by atoms with Gasteiger partial charge in [-0.05, 0) is 30.0 Å². The van der Waals surface area contributed by atoms with Gasteiger partial charge in [-0.25, -0.2) is 9.59 Å². The Kier molecular flexibility index (Phi) is 6.65. The van der Waals surface area contributed by atoms with Crippen LogP contribution in [-0.4, -0.2) is 46.6 Å². The number of carboxylic acid groups (broad SMARTS) is 1. The Morgan fingerprint density at radius 2 is 2.00 bits per heavy atom. The van der Waals surface area contributed by atoms with Crippen molar-refractivity contribution in [1.29, 1.82) is 0 Å². The molecule has 116 valence electrons. The van der Waals surface area contributed by atoms with Gasteiger partial charge in [0.1, 0.15) is 6.04 Å². The SMILES string of the molecule is CCC(C)[C@H](NC(=O)N(C)CCc1ccncc1)C(=O)O. The smallest absolute Gasteiger partial charge is 0.326 e. The van der Waals surface area contributed by atoms with Gasteiger partial charge in [0.15, 0.2) is 0 Å². The van der Waals surface area contributed by atoms with Crippen molar-refractivity contribution in [2.75, 3.05) is 13.6 Å². The van der Waals surface area contributed by atoms with Crippen molar-refractivity contribution < 1.29 is 14.7 Å². The van der Waals surface area contributed by atoms with Gasteiger partial charge in [-0.3, -0.25) is 4.98 Å². The van der Waals surface area contributed by atoms with E-state index in [1.54, 1.807) is 19.4 Å². The highest BCUT2D eigenvalue weighted by atomic mass is 16.4. The highest BCUT2D eigenvalue weighted by Crippen LogP contribution is 2.08. The van der Waals surface area contributed by atoms with Gasteiger partial charge >= 0.3 is 12.0 Å². The van der Waals surface area contributed by atoms with Crippen LogP contribution in [0.5, 0.6) is 0 Å². The zero-order valence-electron chi connectivity index (χ0n) is 12.7. The average Bonchev–Trinajstić information content (AvgIpc) is 2.49. The third-order valence-corrected chi connectivity index (χ3v) is 3.59. The van der Waals surface area contributed by atoms with Crippen LogP contribution in [0.4, 0.5) is 4.79 Å². The molecule has 0 aliphatic rings. The minimum absolute atomic E-state index is 0.111. The molecule has 1 heterocycles. The van der Waals surface area contributed by atoms with Crippen molar-refractivity contribution in [2.24, 2.45) is 5.92 Å². The number of aromatic nitrogens is 1. The highest BCUT2D eigenvalue weighted by Gasteiger charge is 2.26. The Bertz CT molecular complexity index is 464. The first kappa shape index (κ1) is 16.9. The topological polar surface area (TPSA) is 82.5 Å². The van der Waals surface area contributed by atoms with Gasteiger partial charge in [0, 0.05) is 26.0 Å². The number of aliphatic carboxylic acids is 1. The summed E-state index contributed by atoms with van der Waals surface area (Å²) in [5.41, 5.74) is 1.08. The zero-order chi connectivity index (χ0) is 15.8. The van der Waals surface area contributed by atoms with Crippen LogP contribution < -0.4 is 5.32 Å². The molecule has 1 aromatic heterocycles. The summed E-state index contributed by atoms with van der Waals surface area (Å²) in [6, 6.07) is 2.57. The maximum absolute atomic E-state index is 12.0. The van der Waals surface area contributed by atoms with E-state index in [1.807, 2.05) is 26.0 Å². The van der Waals surface area contributed by atoms with E-state index in [4.69, 9.17) is 0 Å². The number of likely N-dealkylation sites (N-methyl/N-ethyl adjacent to an activating group) is 1. The first-order chi connectivity index (χ1) is 9.95. The number of carbonyl (C=O) groups excluding carboxylic acids is 1. The molecule has 0 bridgehead atoms. The molecule has 2 atom stereocenters. The van der Waals surface area contributed by atoms with Crippen molar-refractivity contribution in [1.82, 2.24) is 15.2 Å². The number of amides is 2. The second-order valence-corrected chi connectivity index (χ2v) is 5.18. The van der Waals surface area contributed by atoms with Crippen LogP contribution in [0.2, 0.25) is 0 Å². The molecule has 21 heavy (non-hydrogen) atoms. The van der Waals surface area contributed by atoms with Gasteiger partial charge in [-0.15, -0.1) is 0 Å². The fourth-order valence-corrected chi connectivity index (χ4v) is 1.87. The summed E-state index contributed by atoms with van der Waals surface area (Å²) in [7, 11) is 1.66. The molecule has 0 saturated heterocycles. The van der Waals surface area contributed by atoms with E-state index in [0.717, 1.165) is 5.56 Å². The molecule has 1 unspecified atom stereocenters. The largest absolute Gasteiger partial charge is 0.480 e. The van der Waals surface area contributed by atoms with Gasteiger partial charge in [0.2, 0.25) is 0 Å². The van der Waals surface area contributed by atoms with E-state index in [0.29, 0.717) is 19.4 Å². The molecule has 6 heteroatoms. The lowest BCUT2D eigenvalue weighted by Gasteiger charge is -2.24. The molecule has 6 nitrogen and oxygen atoms in total. The maximum atomic E-state index is 12.0. The fourth-order valence-electron chi connectivity index (χ4n) is 1.87. The molecule has 1 aromatic rings. The number of hydrogen-bond acceptors (Lipinski definition) is 3. The predicted molar refractivity (Wildman–Crippen MR) is 80.0 cm³/mol. The molecular formula is C15H23N3O3. The van der Waals surface area contributed by atoms with Crippen molar-refractivity contribution in [3.05, 3.63) is 30.1 Å². The van der Waals surface area contributed by atoms with E-state index in [9.17, 15) is 14.7 Å². The van der Waals surface area contributed by atoms with Crippen molar-refractivity contribution in [3.63, 3.8) is 0 Å². The van der Waals surface area contributed by atoms with Crippen LogP contribution in [0, 0.1) is 5.92 Å². The highest BCUT2D eigenvalue weighted by molar-refractivity contribution is 5.82. The number of pyridine rings is 1. The number of nitrogens with one attached hydrogen (secondary N) is 1. The lowest BCUT2D eigenvalue weighted by molar-refractivity contribution is -0.140. The summed E-state index contributed by atoms with van der Waals surface area (Å²) in [4.78, 5) is 28.7. The average molecular weight is 293 g/mol. The quantitative estimate of drug-likeness (QED) is 0.802. The maximum Gasteiger partial charge on any atom is 0.326 e. The van der Waals surface area contributed by atoms with Gasteiger partial charge in [-0.2, -0.15) is 0 Å². The third kappa shape index (κ3) is 5.41. The Hall–Kier alpha value is -2.11. The Morgan fingerprint density at radius 1 is 1.38 bits per heavy atom. The molecule has 2 N–H and O–H groups in total. The summed E-state index contributed by atoms with van der Waals surface area (Å²) < 4.78 is 0. The molecule has 0 aromatic carbocycles. The fraction of sp³-hybridized carbons (Fsp3) is 0.533. The van der Waals surface area contributed by atoms with Crippen molar-refractivity contribution in [2.45, 2.75) is 32.7 Å². The molecule has 0 spiro atoms. The number of urea groups is 1. The van der Waals surface area contributed by atoms with Gasteiger partial charge in [-0.1, -0.05) is 20.3 Å². The van der Waals surface area contributed by atoms with E-state index >= 15 is 0 Å². The van der Waals surface area contributed by atoms with Crippen LogP contribution in [0.15, 0.2) is 24.5 Å². The minimum Gasteiger partial charge on any atom is -0.480 e. The lowest BCUT2D eigenvalue weighted by atomic mass is 9.99. The van der Waals surface area contributed by atoms with Crippen LogP contribution in [0.3, 0.4) is 0 Å². The number of carboxylic acids is 1. The van der Waals surface area contributed by atoms with E-state index < -0.39 is 12.0 Å². The van der Waals surface area contributed by atoms with Crippen LogP contribution >= 0.6 is 0 Å². The molecule has 1 rings (SSSR count). The second-order valence-electron chi connectivity index (χ2n) is 5.18. The summed E-state index contributed by atoms with van der Waals surface area (Å²) in [5.74, 6) is -1.11. The van der Waals surface area contributed by atoms with Crippen LogP contribution in [0.25, 0.3) is 0 Å². The number of rotatable bonds is 7. The Labute approximate surface area is 125 Å². The first-order valence-electron chi connectivity index (χ1n) is 7.09. The van der Waals surface area contributed by atoms with Gasteiger partial charge in [0.05, 0.1) is 0 Å². The standard InChI is InChI=1S/C15H23N3O3/c1-4-11(2)13(14(19)20)17-15(21)18(3)10-7-12-5-8-16-9-6-12/h5-6,8-9,11,13H,4,7,10H2,1-3H3,(H,17,21)(H,19,20)/t11?,13-/m0/s1. The zero-order valence-corrected chi connectivity index (χ0v) is 12.7. The second kappa shape index (κ2) is 8.24. The third-order valence-electron chi connectivity index (χ3n) is 3.59. The van der Waals surface area contributed by atoms with Gasteiger partial charge < -0.3 is 15.3 Å². The van der Waals surface area contributed by atoms with Crippen LogP contribution in [-0.2, 0) is 11.2 Å². The molecule has 2 amide bonds. The summed E-state index contributed by atoms with van der Waals surface area (Å²) in [5, 5.41) is 11.8. The van der Waals surface area contributed by atoms with Gasteiger partial charge in [0.25, 0.3) is 0 Å². The normalized spacial score (nSPS) is 13.3.